The molecule has 0 saturated heterocycles. The first-order valence-corrected chi connectivity index (χ1v) is 6.14. The highest BCUT2D eigenvalue weighted by molar-refractivity contribution is 7.98. The Kier molecular flexibility index (Phi) is 5.57. The van der Waals surface area contributed by atoms with E-state index in [0.29, 0.717) is 24.0 Å². The molecule has 0 aliphatic heterocycles. The maximum absolute atomic E-state index is 5.03. The molecule has 2 aromatic rings. The molecule has 2 aromatic heterocycles. The second kappa shape index (κ2) is 6.72. The fourth-order valence-electron chi connectivity index (χ4n) is 1.31. The molecule has 0 fully saturated rings. The Labute approximate surface area is 115 Å². The predicted octanol–water partition coefficient (Wildman–Crippen LogP) is 0.940. The summed E-state index contributed by atoms with van der Waals surface area (Å²) in [4.78, 5) is 4.13. The number of hydrogen-bond donors (Lipinski definition) is 1. The van der Waals surface area contributed by atoms with Gasteiger partial charge in [0.1, 0.15) is 5.82 Å². The van der Waals surface area contributed by atoms with Crippen LogP contribution in [0.15, 0.2) is 9.68 Å². The summed E-state index contributed by atoms with van der Waals surface area (Å²) in [6.07, 6.45) is 0. The van der Waals surface area contributed by atoms with E-state index in [1.54, 1.807) is 6.92 Å². The Balaban J connectivity index is 0.00000162. The zero-order chi connectivity index (χ0) is 12.3. The van der Waals surface area contributed by atoms with Crippen molar-refractivity contribution >= 4 is 24.2 Å². The molecule has 0 saturated carbocycles. The topological polar surface area (TPSA) is 81.7 Å². The first kappa shape index (κ1) is 14.9. The Hall–Kier alpha value is -1.12. The average Bonchev–Trinajstić information content (AvgIpc) is 2.86. The van der Waals surface area contributed by atoms with Crippen molar-refractivity contribution in [1.82, 2.24) is 30.2 Å². The number of hydrogen-bond acceptors (Lipinski definition) is 7. The summed E-state index contributed by atoms with van der Waals surface area (Å²) >= 11 is 1.53. The van der Waals surface area contributed by atoms with Crippen LogP contribution in [0.4, 0.5) is 0 Å². The quantitative estimate of drug-likeness (QED) is 0.821. The Morgan fingerprint density at radius 1 is 1.39 bits per heavy atom. The summed E-state index contributed by atoms with van der Waals surface area (Å²) < 4.78 is 6.98. The smallest absolute Gasteiger partial charge is 0.237 e. The molecule has 0 aliphatic carbocycles. The highest BCUT2D eigenvalue weighted by Gasteiger charge is 2.10. The minimum Gasteiger partial charge on any atom is -0.338 e. The van der Waals surface area contributed by atoms with Gasteiger partial charge in [-0.2, -0.15) is 4.98 Å². The lowest BCUT2D eigenvalue weighted by Crippen LogP contribution is -2.10. The van der Waals surface area contributed by atoms with Crippen molar-refractivity contribution < 1.29 is 4.52 Å². The van der Waals surface area contributed by atoms with E-state index >= 15 is 0 Å². The van der Waals surface area contributed by atoms with E-state index < -0.39 is 0 Å². The largest absolute Gasteiger partial charge is 0.338 e. The van der Waals surface area contributed by atoms with Crippen molar-refractivity contribution in [2.24, 2.45) is 7.05 Å². The van der Waals surface area contributed by atoms with Crippen molar-refractivity contribution in [3.05, 3.63) is 17.5 Å². The molecular weight excluding hydrogens is 276 g/mol. The molecule has 9 heteroatoms. The van der Waals surface area contributed by atoms with E-state index in [9.17, 15) is 0 Å². The van der Waals surface area contributed by atoms with Gasteiger partial charge in [0, 0.05) is 7.05 Å². The molecule has 0 aliphatic rings. The standard InChI is InChI=1S/C9H14N6OS.ClH/c1-6-11-8(16-14-6)5-17-9-13-12-7(4-10-2)15(9)3;/h10H,4-5H2,1-3H3;1H. The van der Waals surface area contributed by atoms with Crippen molar-refractivity contribution in [2.45, 2.75) is 24.4 Å². The zero-order valence-corrected chi connectivity index (χ0v) is 12.0. The minimum atomic E-state index is 0. The van der Waals surface area contributed by atoms with E-state index in [1.807, 2.05) is 18.7 Å². The summed E-state index contributed by atoms with van der Waals surface area (Å²) in [5.74, 6) is 2.75. The van der Waals surface area contributed by atoms with Gasteiger partial charge < -0.3 is 14.4 Å². The van der Waals surface area contributed by atoms with Gasteiger partial charge in [-0.1, -0.05) is 16.9 Å². The van der Waals surface area contributed by atoms with E-state index in [-0.39, 0.29) is 12.4 Å². The third kappa shape index (κ3) is 3.44. The second-order valence-corrected chi connectivity index (χ2v) is 4.45. The normalized spacial score (nSPS) is 10.4. The van der Waals surface area contributed by atoms with Gasteiger partial charge in [-0.05, 0) is 14.0 Å². The molecule has 2 heterocycles. The van der Waals surface area contributed by atoms with Gasteiger partial charge in [-0.25, -0.2) is 0 Å². The molecule has 0 amide bonds. The molecule has 0 unspecified atom stereocenters. The summed E-state index contributed by atoms with van der Waals surface area (Å²) in [5, 5.41) is 15.8. The van der Waals surface area contributed by atoms with Gasteiger partial charge in [0.25, 0.3) is 0 Å². The lowest BCUT2D eigenvalue weighted by atomic mass is 10.6. The number of aryl methyl sites for hydroxylation is 1. The highest BCUT2D eigenvalue weighted by atomic mass is 35.5. The molecule has 18 heavy (non-hydrogen) atoms. The molecule has 0 spiro atoms. The summed E-state index contributed by atoms with van der Waals surface area (Å²) in [6, 6.07) is 0. The SMILES string of the molecule is CNCc1nnc(SCc2nc(C)no2)n1C.Cl. The molecule has 1 N–H and O–H groups in total. The maximum Gasteiger partial charge on any atom is 0.237 e. The van der Waals surface area contributed by atoms with E-state index in [1.165, 1.54) is 11.8 Å². The lowest BCUT2D eigenvalue weighted by Gasteiger charge is -2.01. The summed E-state index contributed by atoms with van der Waals surface area (Å²) in [7, 11) is 3.82. The molecule has 7 nitrogen and oxygen atoms in total. The van der Waals surface area contributed by atoms with Crippen LogP contribution in [0, 0.1) is 6.92 Å². The maximum atomic E-state index is 5.03. The average molecular weight is 291 g/mol. The highest BCUT2D eigenvalue weighted by Crippen LogP contribution is 2.19. The van der Waals surface area contributed by atoms with Crippen molar-refractivity contribution in [1.29, 1.82) is 0 Å². The number of nitrogens with zero attached hydrogens (tertiary/aromatic N) is 5. The predicted molar refractivity (Wildman–Crippen MR) is 69.6 cm³/mol. The van der Waals surface area contributed by atoms with Crippen molar-refractivity contribution in [2.75, 3.05) is 7.05 Å². The van der Waals surface area contributed by atoms with Crippen LogP contribution < -0.4 is 5.32 Å². The fourth-order valence-corrected chi connectivity index (χ4v) is 2.08. The van der Waals surface area contributed by atoms with E-state index in [2.05, 4.69) is 25.7 Å². The Bertz CT molecular complexity index is 499. The van der Waals surface area contributed by atoms with Crippen LogP contribution in [0.2, 0.25) is 0 Å². The van der Waals surface area contributed by atoms with Crippen molar-refractivity contribution in [3.63, 3.8) is 0 Å². The van der Waals surface area contributed by atoms with Crippen molar-refractivity contribution in [3.8, 4) is 0 Å². The van der Waals surface area contributed by atoms with Gasteiger partial charge in [0.15, 0.2) is 11.0 Å². The van der Waals surface area contributed by atoms with Gasteiger partial charge in [0.05, 0.1) is 12.3 Å². The van der Waals surface area contributed by atoms with Crippen LogP contribution in [-0.2, 0) is 19.3 Å². The number of halogens is 1. The lowest BCUT2D eigenvalue weighted by molar-refractivity contribution is 0.387. The van der Waals surface area contributed by atoms with Crippen LogP contribution in [-0.4, -0.2) is 32.0 Å². The Morgan fingerprint density at radius 3 is 2.78 bits per heavy atom. The monoisotopic (exact) mass is 290 g/mol. The Morgan fingerprint density at radius 2 is 2.17 bits per heavy atom. The van der Waals surface area contributed by atoms with E-state index in [0.717, 1.165) is 11.0 Å². The van der Waals surface area contributed by atoms with Gasteiger partial charge in [0.2, 0.25) is 5.89 Å². The molecule has 0 aromatic carbocycles. The van der Waals surface area contributed by atoms with Gasteiger partial charge in [-0.15, -0.1) is 22.6 Å². The van der Waals surface area contributed by atoms with Gasteiger partial charge in [-0.3, -0.25) is 0 Å². The third-order valence-electron chi connectivity index (χ3n) is 2.15. The molecule has 0 bridgehead atoms. The third-order valence-corrected chi connectivity index (χ3v) is 3.16. The number of nitrogens with one attached hydrogen (secondary N) is 1. The van der Waals surface area contributed by atoms with E-state index in [4.69, 9.17) is 4.52 Å². The van der Waals surface area contributed by atoms with Crippen LogP contribution in [0.5, 0.6) is 0 Å². The van der Waals surface area contributed by atoms with Crippen LogP contribution >= 0.6 is 24.2 Å². The molecular formula is C9H15ClN6OS. The number of rotatable bonds is 5. The van der Waals surface area contributed by atoms with Crippen LogP contribution in [0.3, 0.4) is 0 Å². The first-order valence-electron chi connectivity index (χ1n) is 5.15. The summed E-state index contributed by atoms with van der Waals surface area (Å²) in [6.45, 7) is 2.49. The molecule has 0 radical (unpaired) electrons. The number of thioether (sulfide) groups is 1. The van der Waals surface area contributed by atoms with Gasteiger partial charge >= 0.3 is 0 Å². The second-order valence-electron chi connectivity index (χ2n) is 3.51. The molecule has 0 atom stereocenters. The minimum absolute atomic E-state index is 0. The summed E-state index contributed by atoms with van der Waals surface area (Å²) in [5.41, 5.74) is 0. The number of aromatic nitrogens is 5. The zero-order valence-electron chi connectivity index (χ0n) is 10.4. The molecule has 100 valence electrons. The molecule has 2 rings (SSSR count). The van der Waals surface area contributed by atoms with Crippen LogP contribution in [0.1, 0.15) is 17.5 Å². The first-order chi connectivity index (χ1) is 8.20. The van der Waals surface area contributed by atoms with Crippen LogP contribution in [0.25, 0.3) is 0 Å². The fraction of sp³-hybridized carbons (Fsp3) is 0.556.